The van der Waals surface area contributed by atoms with Crippen molar-refractivity contribution in [3.63, 3.8) is 0 Å². The van der Waals surface area contributed by atoms with Crippen molar-refractivity contribution in [3.8, 4) is 5.75 Å². The predicted octanol–water partition coefficient (Wildman–Crippen LogP) is 4.10. The fourth-order valence-electron chi connectivity index (χ4n) is 2.62. The quantitative estimate of drug-likeness (QED) is 0.777. The van der Waals surface area contributed by atoms with E-state index in [2.05, 4.69) is 0 Å². The fraction of sp³-hybridized carbons (Fsp3) is 0.471. The summed E-state index contributed by atoms with van der Waals surface area (Å²) in [6.07, 6.45) is 3.81. The average molecular weight is 288 g/mol. The first kappa shape index (κ1) is 14.0. The van der Waals surface area contributed by atoms with Crippen LogP contribution in [-0.4, -0.2) is 19.2 Å². The minimum Gasteiger partial charge on any atom is -0.493 e. The number of hydrogen-bond acceptors (Lipinski definition) is 4. The zero-order valence-electron chi connectivity index (χ0n) is 12.5. The first-order valence-corrected chi connectivity index (χ1v) is 7.52. The third-order valence-corrected chi connectivity index (χ3v) is 4.03. The summed E-state index contributed by atoms with van der Waals surface area (Å²) in [5.41, 5.74) is 1.19. The van der Waals surface area contributed by atoms with Crippen LogP contribution in [-0.2, 0) is 4.74 Å². The van der Waals surface area contributed by atoms with Gasteiger partial charge in [0.1, 0.15) is 22.7 Å². The van der Waals surface area contributed by atoms with Gasteiger partial charge in [-0.15, -0.1) is 0 Å². The standard InChI is InChI=1S/C17H20O4/c1-3-19-17(18)16-11(2)21-15-8-7-13(9-14(15)16)20-10-12-5-4-6-12/h7-9,12H,3-6,10H2,1-2H3. The Morgan fingerprint density at radius 1 is 1.38 bits per heavy atom. The zero-order chi connectivity index (χ0) is 14.8. The van der Waals surface area contributed by atoms with Crippen LogP contribution in [0.3, 0.4) is 0 Å². The Kier molecular flexibility index (Phi) is 3.86. The van der Waals surface area contributed by atoms with Crippen molar-refractivity contribution in [2.24, 2.45) is 5.92 Å². The zero-order valence-corrected chi connectivity index (χ0v) is 12.5. The molecule has 1 heterocycles. The van der Waals surface area contributed by atoms with E-state index in [0.717, 1.165) is 17.7 Å². The molecule has 0 atom stereocenters. The van der Waals surface area contributed by atoms with Crippen LogP contribution in [0.25, 0.3) is 11.0 Å². The minimum atomic E-state index is -0.343. The molecule has 0 amide bonds. The summed E-state index contributed by atoms with van der Waals surface area (Å²) < 4.78 is 16.6. The molecular formula is C17H20O4. The Morgan fingerprint density at radius 2 is 2.19 bits per heavy atom. The van der Waals surface area contributed by atoms with E-state index in [0.29, 0.717) is 29.4 Å². The summed E-state index contributed by atoms with van der Waals surface area (Å²) in [5, 5.41) is 0.761. The summed E-state index contributed by atoms with van der Waals surface area (Å²) in [7, 11) is 0. The van der Waals surface area contributed by atoms with Crippen LogP contribution in [0, 0.1) is 12.8 Å². The van der Waals surface area contributed by atoms with Crippen LogP contribution in [0.5, 0.6) is 5.75 Å². The highest BCUT2D eigenvalue weighted by Crippen LogP contribution is 2.31. The SMILES string of the molecule is CCOC(=O)c1c(C)oc2ccc(OCC3CCC3)cc12. The number of furan rings is 1. The monoisotopic (exact) mass is 288 g/mol. The second-order valence-electron chi connectivity index (χ2n) is 5.52. The van der Waals surface area contributed by atoms with Gasteiger partial charge in [-0.05, 0) is 50.8 Å². The molecule has 0 radical (unpaired) electrons. The van der Waals surface area contributed by atoms with E-state index in [1.165, 1.54) is 19.3 Å². The summed E-state index contributed by atoms with van der Waals surface area (Å²) in [6, 6.07) is 5.61. The van der Waals surface area contributed by atoms with E-state index in [4.69, 9.17) is 13.9 Å². The third-order valence-electron chi connectivity index (χ3n) is 4.03. The Hall–Kier alpha value is -1.97. The lowest BCUT2D eigenvalue weighted by molar-refractivity contribution is 0.0526. The van der Waals surface area contributed by atoms with Gasteiger partial charge in [0.2, 0.25) is 0 Å². The second kappa shape index (κ2) is 5.80. The molecule has 4 nitrogen and oxygen atoms in total. The topological polar surface area (TPSA) is 48.7 Å². The molecule has 1 aromatic carbocycles. The maximum atomic E-state index is 12.1. The van der Waals surface area contributed by atoms with Crippen LogP contribution in [0.15, 0.2) is 22.6 Å². The molecule has 1 aromatic heterocycles. The van der Waals surface area contributed by atoms with Crippen molar-refractivity contribution in [2.45, 2.75) is 33.1 Å². The molecule has 0 N–H and O–H groups in total. The molecule has 0 aliphatic heterocycles. The van der Waals surface area contributed by atoms with E-state index in [1.54, 1.807) is 13.8 Å². The number of carbonyl (C=O) groups is 1. The van der Waals surface area contributed by atoms with Crippen LogP contribution in [0.4, 0.5) is 0 Å². The van der Waals surface area contributed by atoms with Gasteiger partial charge in [-0.2, -0.15) is 0 Å². The Bertz CT molecular complexity index is 652. The molecule has 1 aliphatic carbocycles. The van der Waals surface area contributed by atoms with Gasteiger partial charge in [-0.25, -0.2) is 4.79 Å². The third kappa shape index (κ3) is 2.75. The molecule has 1 aliphatic rings. The maximum absolute atomic E-state index is 12.1. The Morgan fingerprint density at radius 3 is 2.86 bits per heavy atom. The lowest BCUT2D eigenvalue weighted by Gasteiger charge is -2.25. The van der Waals surface area contributed by atoms with Gasteiger partial charge in [-0.3, -0.25) is 0 Å². The number of ether oxygens (including phenoxy) is 2. The van der Waals surface area contributed by atoms with E-state index in [-0.39, 0.29) is 5.97 Å². The molecule has 21 heavy (non-hydrogen) atoms. The first-order chi connectivity index (χ1) is 10.2. The van der Waals surface area contributed by atoms with E-state index in [9.17, 15) is 4.79 Å². The highest BCUT2D eigenvalue weighted by molar-refractivity contribution is 6.04. The molecule has 3 rings (SSSR count). The molecular weight excluding hydrogens is 268 g/mol. The molecule has 4 heteroatoms. The average Bonchev–Trinajstić information content (AvgIpc) is 2.72. The summed E-state index contributed by atoms with van der Waals surface area (Å²) >= 11 is 0. The number of esters is 1. The highest BCUT2D eigenvalue weighted by Gasteiger charge is 2.21. The fourth-order valence-corrected chi connectivity index (χ4v) is 2.62. The highest BCUT2D eigenvalue weighted by atomic mass is 16.5. The van der Waals surface area contributed by atoms with Gasteiger partial charge < -0.3 is 13.9 Å². The molecule has 2 aromatic rings. The first-order valence-electron chi connectivity index (χ1n) is 7.52. The number of benzene rings is 1. The predicted molar refractivity (Wildman–Crippen MR) is 79.7 cm³/mol. The van der Waals surface area contributed by atoms with E-state index < -0.39 is 0 Å². The number of aryl methyl sites for hydroxylation is 1. The van der Waals surface area contributed by atoms with E-state index >= 15 is 0 Å². The number of rotatable bonds is 5. The minimum absolute atomic E-state index is 0.343. The Balaban J connectivity index is 1.87. The molecule has 112 valence electrons. The van der Waals surface area contributed by atoms with E-state index in [1.807, 2.05) is 18.2 Å². The van der Waals surface area contributed by atoms with Gasteiger partial charge in [0, 0.05) is 5.39 Å². The number of carbonyl (C=O) groups excluding carboxylic acids is 1. The molecule has 0 bridgehead atoms. The number of hydrogen-bond donors (Lipinski definition) is 0. The van der Waals surface area contributed by atoms with Crippen molar-refractivity contribution in [3.05, 3.63) is 29.5 Å². The van der Waals surface area contributed by atoms with Crippen LogP contribution in [0.1, 0.15) is 42.3 Å². The second-order valence-corrected chi connectivity index (χ2v) is 5.52. The largest absolute Gasteiger partial charge is 0.493 e. The molecule has 0 spiro atoms. The van der Waals surface area contributed by atoms with Gasteiger partial charge in [0.25, 0.3) is 0 Å². The van der Waals surface area contributed by atoms with Crippen molar-refractivity contribution < 1.29 is 18.7 Å². The van der Waals surface area contributed by atoms with Gasteiger partial charge >= 0.3 is 5.97 Å². The Labute approximate surface area is 124 Å². The summed E-state index contributed by atoms with van der Waals surface area (Å²) in [5.74, 6) is 1.70. The van der Waals surface area contributed by atoms with Crippen LogP contribution in [0.2, 0.25) is 0 Å². The molecule has 1 fully saturated rings. The lowest BCUT2D eigenvalue weighted by atomic mass is 9.86. The van der Waals surface area contributed by atoms with Crippen LogP contribution >= 0.6 is 0 Å². The normalized spacial score (nSPS) is 15.0. The summed E-state index contributed by atoms with van der Waals surface area (Å²) in [6.45, 7) is 4.67. The molecule has 0 unspecified atom stereocenters. The van der Waals surface area contributed by atoms with Crippen molar-refractivity contribution in [1.82, 2.24) is 0 Å². The smallest absolute Gasteiger partial charge is 0.342 e. The van der Waals surface area contributed by atoms with Crippen LogP contribution < -0.4 is 4.74 Å². The van der Waals surface area contributed by atoms with Gasteiger partial charge in [0.05, 0.1) is 13.2 Å². The van der Waals surface area contributed by atoms with Gasteiger partial charge in [0.15, 0.2) is 0 Å². The molecule has 1 saturated carbocycles. The number of fused-ring (bicyclic) bond motifs is 1. The lowest BCUT2D eigenvalue weighted by Crippen LogP contribution is -2.19. The van der Waals surface area contributed by atoms with Crippen molar-refractivity contribution >= 4 is 16.9 Å². The summed E-state index contributed by atoms with van der Waals surface area (Å²) in [4.78, 5) is 12.1. The van der Waals surface area contributed by atoms with Crippen molar-refractivity contribution in [1.29, 1.82) is 0 Å². The van der Waals surface area contributed by atoms with Crippen molar-refractivity contribution in [2.75, 3.05) is 13.2 Å². The molecule has 0 saturated heterocycles. The van der Waals surface area contributed by atoms with Gasteiger partial charge in [-0.1, -0.05) is 6.42 Å². The maximum Gasteiger partial charge on any atom is 0.342 e.